The molecule has 2 nitrogen and oxygen atoms in total. The van der Waals surface area contributed by atoms with E-state index in [2.05, 4.69) is 24.1 Å². The first-order valence-corrected chi connectivity index (χ1v) is 7.79. The predicted molar refractivity (Wildman–Crippen MR) is 80.1 cm³/mol. The molecule has 102 valence electrons. The number of rotatable bonds is 2. The molecule has 0 amide bonds. The van der Waals surface area contributed by atoms with Gasteiger partial charge in [0, 0.05) is 24.5 Å². The maximum absolute atomic E-state index is 5.80. The molecule has 0 unspecified atom stereocenters. The zero-order chi connectivity index (χ0) is 13.0. The zero-order valence-corrected chi connectivity index (χ0v) is 11.8. The zero-order valence-electron chi connectivity index (χ0n) is 11.8. The van der Waals surface area contributed by atoms with Crippen molar-refractivity contribution in [2.45, 2.75) is 38.1 Å². The van der Waals surface area contributed by atoms with E-state index in [-0.39, 0.29) is 0 Å². The summed E-state index contributed by atoms with van der Waals surface area (Å²) in [7, 11) is 2.29. The second kappa shape index (κ2) is 4.16. The average molecular weight is 256 g/mol. The Hall–Kier alpha value is -1.18. The number of hydrogen-bond acceptors (Lipinski definition) is 2. The smallest absolute Gasteiger partial charge is 0.0367 e. The van der Waals surface area contributed by atoms with Crippen LogP contribution in [0.25, 0.3) is 0 Å². The lowest BCUT2D eigenvalue weighted by atomic mass is 9.54. The number of nitrogens with two attached hydrogens (primary N) is 1. The van der Waals surface area contributed by atoms with Crippen LogP contribution in [0, 0.1) is 23.7 Å². The maximum atomic E-state index is 5.80. The molecular weight excluding hydrogens is 232 g/mol. The van der Waals surface area contributed by atoms with Crippen LogP contribution in [0.3, 0.4) is 0 Å². The van der Waals surface area contributed by atoms with Crippen molar-refractivity contribution < 1.29 is 0 Å². The third-order valence-corrected chi connectivity index (χ3v) is 5.92. The van der Waals surface area contributed by atoms with Gasteiger partial charge in [-0.3, -0.25) is 0 Å². The Morgan fingerprint density at radius 1 is 0.895 bits per heavy atom. The second-order valence-electron chi connectivity index (χ2n) is 7.12. The van der Waals surface area contributed by atoms with E-state index in [1.165, 1.54) is 37.8 Å². The lowest BCUT2D eigenvalue weighted by Crippen LogP contribution is -2.55. The van der Waals surface area contributed by atoms with Crippen LogP contribution in [-0.2, 0) is 0 Å². The SMILES string of the molecule is CN(c1ccc(N)cc1)C1C2CC3CC(C2)CC1C3. The van der Waals surface area contributed by atoms with E-state index in [1.54, 1.807) is 0 Å². The molecule has 0 aromatic heterocycles. The van der Waals surface area contributed by atoms with Crippen LogP contribution in [0.15, 0.2) is 24.3 Å². The molecule has 2 N–H and O–H groups in total. The highest BCUT2D eigenvalue weighted by Gasteiger charge is 2.49. The van der Waals surface area contributed by atoms with Crippen LogP contribution >= 0.6 is 0 Å². The van der Waals surface area contributed by atoms with Gasteiger partial charge in [0.15, 0.2) is 0 Å². The Morgan fingerprint density at radius 2 is 1.42 bits per heavy atom. The average Bonchev–Trinajstić information content (AvgIpc) is 2.38. The van der Waals surface area contributed by atoms with Gasteiger partial charge in [-0.2, -0.15) is 0 Å². The molecule has 2 heteroatoms. The van der Waals surface area contributed by atoms with Crippen molar-refractivity contribution in [3.05, 3.63) is 24.3 Å². The molecule has 1 aromatic rings. The van der Waals surface area contributed by atoms with Crippen LogP contribution in [0.5, 0.6) is 0 Å². The van der Waals surface area contributed by atoms with Crippen molar-refractivity contribution in [2.24, 2.45) is 23.7 Å². The first-order valence-electron chi connectivity index (χ1n) is 7.79. The largest absolute Gasteiger partial charge is 0.399 e. The first kappa shape index (κ1) is 11.6. The number of benzene rings is 1. The van der Waals surface area contributed by atoms with Crippen LogP contribution < -0.4 is 10.6 Å². The minimum Gasteiger partial charge on any atom is -0.399 e. The molecular formula is C17H24N2. The quantitative estimate of drug-likeness (QED) is 0.820. The van der Waals surface area contributed by atoms with Gasteiger partial charge in [0.05, 0.1) is 0 Å². The summed E-state index contributed by atoms with van der Waals surface area (Å²) >= 11 is 0. The summed E-state index contributed by atoms with van der Waals surface area (Å²) in [6.07, 6.45) is 7.47. The minimum atomic E-state index is 0.774. The molecule has 0 atom stereocenters. The van der Waals surface area contributed by atoms with Gasteiger partial charge in [-0.15, -0.1) is 0 Å². The van der Waals surface area contributed by atoms with Crippen LogP contribution in [0.1, 0.15) is 32.1 Å². The van der Waals surface area contributed by atoms with E-state index in [9.17, 15) is 0 Å². The summed E-state index contributed by atoms with van der Waals surface area (Å²) < 4.78 is 0. The first-order chi connectivity index (χ1) is 9.20. The fourth-order valence-electron chi connectivity index (χ4n) is 5.41. The molecule has 4 fully saturated rings. The van der Waals surface area contributed by atoms with E-state index < -0.39 is 0 Å². The Balaban J connectivity index is 1.60. The molecule has 0 spiro atoms. The topological polar surface area (TPSA) is 29.3 Å². The van der Waals surface area contributed by atoms with Crippen molar-refractivity contribution in [3.8, 4) is 0 Å². The Labute approximate surface area is 116 Å². The number of nitrogens with zero attached hydrogens (tertiary/aromatic N) is 1. The summed E-state index contributed by atoms with van der Waals surface area (Å²) in [4.78, 5) is 2.55. The van der Waals surface area contributed by atoms with Crippen molar-refractivity contribution in [2.75, 3.05) is 17.7 Å². The fraction of sp³-hybridized carbons (Fsp3) is 0.647. The van der Waals surface area contributed by atoms with Crippen LogP contribution in [0.4, 0.5) is 11.4 Å². The van der Waals surface area contributed by atoms with Gasteiger partial charge in [0.2, 0.25) is 0 Å². The molecule has 0 radical (unpaired) electrons. The molecule has 4 aliphatic rings. The lowest BCUT2D eigenvalue weighted by Gasteiger charge is -2.57. The summed E-state index contributed by atoms with van der Waals surface area (Å²) in [6, 6.07) is 9.20. The molecule has 4 aliphatic carbocycles. The van der Waals surface area contributed by atoms with E-state index in [4.69, 9.17) is 5.73 Å². The molecule has 0 saturated heterocycles. The number of anilines is 2. The van der Waals surface area contributed by atoms with Gasteiger partial charge in [-0.1, -0.05) is 0 Å². The van der Waals surface area contributed by atoms with Crippen LogP contribution in [0.2, 0.25) is 0 Å². The molecule has 1 aromatic carbocycles. The monoisotopic (exact) mass is 256 g/mol. The van der Waals surface area contributed by atoms with Gasteiger partial charge in [0.25, 0.3) is 0 Å². The third-order valence-electron chi connectivity index (χ3n) is 5.92. The highest BCUT2D eigenvalue weighted by atomic mass is 15.1. The van der Waals surface area contributed by atoms with E-state index in [0.717, 1.165) is 35.4 Å². The lowest BCUT2D eigenvalue weighted by molar-refractivity contribution is -0.00121. The van der Waals surface area contributed by atoms with Gasteiger partial charge in [-0.05, 0) is 80.0 Å². The van der Waals surface area contributed by atoms with Crippen molar-refractivity contribution >= 4 is 11.4 Å². The Morgan fingerprint density at radius 3 is 1.95 bits per heavy atom. The molecule has 0 aliphatic heterocycles. The molecule has 4 bridgehead atoms. The summed E-state index contributed by atoms with van der Waals surface area (Å²) in [6.45, 7) is 0. The van der Waals surface area contributed by atoms with Crippen molar-refractivity contribution in [1.82, 2.24) is 0 Å². The van der Waals surface area contributed by atoms with Crippen LogP contribution in [-0.4, -0.2) is 13.1 Å². The normalized spacial score (nSPS) is 39.5. The van der Waals surface area contributed by atoms with Crippen molar-refractivity contribution in [1.29, 1.82) is 0 Å². The number of hydrogen-bond donors (Lipinski definition) is 1. The van der Waals surface area contributed by atoms with Crippen molar-refractivity contribution in [3.63, 3.8) is 0 Å². The summed E-state index contributed by atoms with van der Waals surface area (Å²) in [5.74, 6) is 4.00. The molecule has 5 rings (SSSR count). The fourth-order valence-corrected chi connectivity index (χ4v) is 5.41. The number of nitrogen functional groups attached to an aromatic ring is 1. The third kappa shape index (κ3) is 1.84. The predicted octanol–water partition coefficient (Wildman–Crippen LogP) is 3.53. The Bertz CT molecular complexity index is 437. The minimum absolute atomic E-state index is 0.774. The second-order valence-corrected chi connectivity index (χ2v) is 7.12. The van der Waals surface area contributed by atoms with Gasteiger partial charge < -0.3 is 10.6 Å². The Kier molecular flexibility index (Phi) is 2.54. The molecule has 0 heterocycles. The standard InChI is InChI=1S/C17H24N2/c1-19(16-4-2-15(18)3-5-16)17-13-7-11-6-12(9-13)10-14(17)8-11/h2-5,11-14,17H,6-10,18H2,1H3. The molecule has 4 saturated carbocycles. The van der Waals surface area contributed by atoms with Gasteiger partial charge in [-0.25, -0.2) is 0 Å². The van der Waals surface area contributed by atoms with Gasteiger partial charge in [0.1, 0.15) is 0 Å². The summed E-state index contributed by atoms with van der Waals surface area (Å²) in [5.41, 5.74) is 8.01. The molecule has 19 heavy (non-hydrogen) atoms. The summed E-state index contributed by atoms with van der Waals surface area (Å²) in [5, 5.41) is 0. The van der Waals surface area contributed by atoms with E-state index in [0.29, 0.717) is 0 Å². The highest BCUT2D eigenvalue weighted by molar-refractivity contribution is 5.53. The van der Waals surface area contributed by atoms with E-state index >= 15 is 0 Å². The van der Waals surface area contributed by atoms with E-state index in [1.807, 2.05) is 12.1 Å². The highest BCUT2D eigenvalue weighted by Crippen LogP contribution is 2.55. The maximum Gasteiger partial charge on any atom is 0.0367 e. The van der Waals surface area contributed by atoms with Gasteiger partial charge >= 0.3 is 0 Å².